The summed E-state index contributed by atoms with van der Waals surface area (Å²) in [5.41, 5.74) is 2.94. The van der Waals surface area contributed by atoms with E-state index in [1.807, 2.05) is 6.08 Å². The van der Waals surface area contributed by atoms with Crippen LogP contribution in [0.1, 0.15) is 36.0 Å². The van der Waals surface area contributed by atoms with E-state index in [1.165, 1.54) is 16.2 Å². The van der Waals surface area contributed by atoms with Crippen LogP contribution in [0.3, 0.4) is 0 Å². The van der Waals surface area contributed by atoms with Gasteiger partial charge in [0.1, 0.15) is 5.56 Å². The van der Waals surface area contributed by atoms with E-state index in [-0.39, 0.29) is 22.9 Å². The highest BCUT2D eigenvalue weighted by atomic mass is 16.2. The summed E-state index contributed by atoms with van der Waals surface area (Å²) >= 11 is 0. The fraction of sp³-hybridized carbons (Fsp3) is 0.300. The number of aromatic nitrogens is 1. The van der Waals surface area contributed by atoms with Crippen molar-refractivity contribution < 1.29 is 9.59 Å². The predicted molar refractivity (Wildman–Crippen MR) is 97.8 cm³/mol. The number of allylic oxidation sites excluding steroid dienone is 3. The van der Waals surface area contributed by atoms with Gasteiger partial charge in [0.2, 0.25) is 0 Å². The van der Waals surface area contributed by atoms with Crippen molar-refractivity contribution in [2.24, 2.45) is 18.0 Å². The summed E-state index contributed by atoms with van der Waals surface area (Å²) in [6, 6.07) is 3.11. The maximum absolute atomic E-state index is 12.4. The fourth-order valence-corrected chi connectivity index (χ4v) is 3.76. The van der Waals surface area contributed by atoms with E-state index in [0.717, 1.165) is 37.0 Å². The Morgan fingerprint density at radius 2 is 2.08 bits per heavy atom. The molecule has 2 heterocycles. The number of carbonyl (C=O) groups excluding carboxylic acids is 2. The summed E-state index contributed by atoms with van der Waals surface area (Å²) < 4.78 is 1.34. The number of amides is 2. The third kappa shape index (κ3) is 2.77. The molecular weight excluding hydrogens is 330 g/mol. The van der Waals surface area contributed by atoms with E-state index >= 15 is 0 Å². The maximum Gasteiger partial charge on any atom is 0.283 e. The Morgan fingerprint density at radius 3 is 2.92 bits per heavy atom. The number of aliphatic imine (C=N–C) groups is 1. The molecule has 1 atom stereocenters. The van der Waals surface area contributed by atoms with Crippen LogP contribution in [0.5, 0.6) is 0 Å². The van der Waals surface area contributed by atoms with E-state index in [2.05, 4.69) is 10.3 Å². The molecule has 0 saturated carbocycles. The van der Waals surface area contributed by atoms with Crippen molar-refractivity contribution in [2.75, 3.05) is 0 Å². The third-order valence-electron chi connectivity index (χ3n) is 5.10. The highest BCUT2D eigenvalue weighted by molar-refractivity contribution is 6.14. The maximum atomic E-state index is 12.4. The summed E-state index contributed by atoms with van der Waals surface area (Å²) in [5, 5.41) is 2.94. The first-order chi connectivity index (χ1) is 12.5. The van der Waals surface area contributed by atoms with Gasteiger partial charge in [-0.2, -0.15) is 0 Å². The minimum Gasteiger partial charge on any atom is -0.325 e. The van der Waals surface area contributed by atoms with Gasteiger partial charge in [0, 0.05) is 30.4 Å². The van der Waals surface area contributed by atoms with Crippen molar-refractivity contribution in [3.05, 3.63) is 69.3 Å². The number of hydrogen-bond acceptors (Lipinski definition) is 3. The lowest BCUT2D eigenvalue weighted by molar-refractivity contribution is -0.117. The van der Waals surface area contributed by atoms with E-state index in [0.29, 0.717) is 5.71 Å². The molecule has 1 N–H and O–H groups in total. The van der Waals surface area contributed by atoms with Gasteiger partial charge in [-0.3, -0.25) is 14.4 Å². The summed E-state index contributed by atoms with van der Waals surface area (Å²) in [5.74, 6) is -0.567. The number of nitrogens with zero attached hydrogens (tertiary/aromatic N) is 2. The molecule has 1 aliphatic heterocycles. The van der Waals surface area contributed by atoms with Crippen molar-refractivity contribution in [1.82, 2.24) is 9.88 Å². The lowest BCUT2D eigenvalue weighted by Crippen LogP contribution is -2.37. The Labute approximate surface area is 150 Å². The molecule has 6 heteroatoms. The lowest BCUT2D eigenvalue weighted by Gasteiger charge is -2.33. The molecule has 2 amide bonds. The zero-order chi connectivity index (χ0) is 18.3. The highest BCUT2D eigenvalue weighted by Crippen LogP contribution is 2.38. The largest absolute Gasteiger partial charge is 0.325 e. The van der Waals surface area contributed by atoms with Gasteiger partial charge in [-0.1, -0.05) is 6.08 Å². The van der Waals surface area contributed by atoms with Crippen LogP contribution in [0, 0.1) is 5.92 Å². The minimum absolute atomic E-state index is 0.0291. The second kappa shape index (κ2) is 6.37. The first-order valence-corrected chi connectivity index (χ1v) is 8.76. The Bertz CT molecular complexity index is 992. The smallest absolute Gasteiger partial charge is 0.283 e. The van der Waals surface area contributed by atoms with E-state index in [9.17, 15) is 14.4 Å². The van der Waals surface area contributed by atoms with Gasteiger partial charge in [-0.25, -0.2) is 4.99 Å². The van der Waals surface area contributed by atoms with Crippen LogP contribution in [-0.4, -0.2) is 22.1 Å². The Morgan fingerprint density at radius 1 is 1.27 bits per heavy atom. The van der Waals surface area contributed by atoms with Crippen molar-refractivity contribution in [1.29, 1.82) is 0 Å². The Hall–Kier alpha value is -3.02. The topological polar surface area (TPSA) is 80.5 Å². The second-order valence-electron chi connectivity index (χ2n) is 6.78. The average Bonchev–Trinajstić information content (AvgIpc) is 2.64. The Kier molecular flexibility index (Phi) is 4.03. The van der Waals surface area contributed by atoms with Crippen LogP contribution in [0.4, 0.5) is 0 Å². The number of aryl methyl sites for hydroxylation is 1. The molecule has 1 unspecified atom stereocenters. The van der Waals surface area contributed by atoms with Crippen LogP contribution < -0.4 is 10.9 Å². The van der Waals surface area contributed by atoms with Gasteiger partial charge < -0.3 is 9.88 Å². The number of rotatable bonds is 1. The normalized spacial score (nSPS) is 23.3. The monoisotopic (exact) mass is 349 g/mol. The molecule has 1 aromatic heterocycles. The van der Waals surface area contributed by atoms with Crippen LogP contribution in [0.2, 0.25) is 0 Å². The number of fused-ring (bicyclic) bond motifs is 2. The summed E-state index contributed by atoms with van der Waals surface area (Å²) in [7, 11) is 1.59. The van der Waals surface area contributed by atoms with Gasteiger partial charge in [-0.15, -0.1) is 0 Å². The molecule has 0 bridgehead atoms. The van der Waals surface area contributed by atoms with Crippen LogP contribution in [0.15, 0.2) is 63.2 Å². The van der Waals surface area contributed by atoms with E-state index in [4.69, 9.17) is 0 Å². The summed E-state index contributed by atoms with van der Waals surface area (Å²) in [6.07, 6.45) is 11.0. The van der Waals surface area contributed by atoms with Crippen LogP contribution >= 0.6 is 0 Å². The summed E-state index contributed by atoms with van der Waals surface area (Å²) in [4.78, 5) is 40.8. The fourth-order valence-electron chi connectivity index (χ4n) is 3.76. The molecule has 0 aromatic carbocycles. The van der Waals surface area contributed by atoms with Gasteiger partial charge in [0.25, 0.3) is 17.4 Å². The molecule has 6 nitrogen and oxygen atoms in total. The molecule has 4 rings (SSSR count). The number of nitrogens with one attached hydrogen (secondary N) is 1. The zero-order valence-electron chi connectivity index (χ0n) is 14.5. The van der Waals surface area contributed by atoms with Gasteiger partial charge in [0.15, 0.2) is 0 Å². The van der Waals surface area contributed by atoms with E-state index < -0.39 is 5.91 Å². The molecule has 0 saturated heterocycles. The van der Waals surface area contributed by atoms with Gasteiger partial charge in [0.05, 0.1) is 5.71 Å². The molecule has 2 aliphatic carbocycles. The third-order valence-corrected chi connectivity index (χ3v) is 5.10. The lowest BCUT2D eigenvalue weighted by atomic mass is 9.77. The van der Waals surface area contributed by atoms with Crippen LogP contribution in [0.25, 0.3) is 0 Å². The second-order valence-corrected chi connectivity index (χ2v) is 6.78. The summed E-state index contributed by atoms with van der Waals surface area (Å²) in [6.45, 7) is 0. The molecule has 1 aromatic rings. The van der Waals surface area contributed by atoms with E-state index in [1.54, 1.807) is 31.5 Å². The standard InChI is InChI=1S/C20H19N3O3/c1-23-10-4-7-16(20(23)26)19(25)21-12-8-9-14-13-5-2-3-6-15(13)18(24)22-17(14)11-12/h4,7-11,14H,2-3,5-6H2,1H3,(H,22,24). The average molecular weight is 349 g/mol. The minimum atomic E-state index is -0.583. The highest BCUT2D eigenvalue weighted by Gasteiger charge is 2.33. The number of carbonyl (C=O) groups is 2. The van der Waals surface area contributed by atoms with Crippen molar-refractivity contribution in [2.45, 2.75) is 25.7 Å². The molecular formula is C20H19N3O3. The Balaban J connectivity index is 1.66. The van der Waals surface area contributed by atoms with Crippen molar-refractivity contribution in [3.63, 3.8) is 0 Å². The van der Waals surface area contributed by atoms with Crippen molar-refractivity contribution in [3.8, 4) is 0 Å². The molecule has 0 spiro atoms. The molecule has 132 valence electrons. The first-order valence-electron chi connectivity index (χ1n) is 8.76. The van der Waals surface area contributed by atoms with Gasteiger partial charge >= 0.3 is 0 Å². The number of hydrogen-bond donors (Lipinski definition) is 1. The van der Waals surface area contributed by atoms with Crippen LogP contribution in [-0.2, 0) is 11.8 Å². The quantitative estimate of drug-likeness (QED) is 0.842. The molecule has 0 fully saturated rings. The molecule has 0 radical (unpaired) electrons. The van der Waals surface area contributed by atoms with Crippen molar-refractivity contribution >= 4 is 17.5 Å². The zero-order valence-corrected chi connectivity index (χ0v) is 14.5. The number of pyridine rings is 1. The van der Waals surface area contributed by atoms with Gasteiger partial charge in [-0.05, 0) is 55.5 Å². The first kappa shape index (κ1) is 16.4. The predicted octanol–water partition coefficient (Wildman–Crippen LogP) is 2.04. The molecule has 26 heavy (non-hydrogen) atoms. The SMILES string of the molecule is Cn1cccc(C(=O)N=C2C=CC3C(=C2)NC(=O)C2=C3CCCC2)c1=O. The molecule has 3 aliphatic rings.